The van der Waals surface area contributed by atoms with Crippen LogP contribution >= 0.6 is 0 Å². The zero-order valence-electron chi connectivity index (χ0n) is 14.1. The van der Waals surface area contributed by atoms with Gasteiger partial charge in [0, 0.05) is 7.11 Å². The number of aryl methyl sites for hydroxylation is 2. The summed E-state index contributed by atoms with van der Waals surface area (Å²) in [6.45, 7) is 6.04. The normalized spacial score (nSPS) is 13.4. The Morgan fingerprint density at radius 2 is 1.87 bits per heavy atom. The van der Waals surface area contributed by atoms with E-state index in [0.29, 0.717) is 6.61 Å². The highest BCUT2D eigenvalue weighted by atomic mass is 16.5. The van der Waals surface area contributed by atoms with Crippen molar-refractivity contribution in [3.05, 3.63) is 64.7 Å². The van der Waals surface area contributed by atoms with E-state index in [1.807, 2.05) is 56.3 Å². The minimum atomic E-state index is -1.18. The third-order valence-electron chi connectivity index (χ3n) is 4.14. The Bertz CT molecular complexity index is 712. The number of hydrogen-bond donors (Lipinski definition) is 1. The van der Waals surface area contributed by atoms with Crippen LogP contribution < -0.4 is 10.5 Å². The Labute approximate surface area is 137 Å². The van der Waals surface area contributed by atoms with E-state index in [1.54, 1.807) is 6.92 Å². The predicted octanol–water partition coefficient (Wildman–Crippen LogP) is 3.23. The Hall–Kier alpha value is -2.33. The third-order valence-corrected chi connectivity index (χ3v) is 4.14. The summed E-state index contributed by atoms with van der Waals surface area (Å²) in [4.78, 5) is 11.8. The van der Waals surface area contributed by atoms with E-state index >= 15 is 0 Å². The van der Waals surface area contributed by atoms with Gasteiger partial charge in [-0.1, -0.05) is 36.4 Å². The maximum atomic E-state index is 11.8. The topological polar surface area (TPSA) is 61.5 Å². The molecule has 0 radical (unpaired) electrons. The van der Waals surface area contributed by atoms with Crippen molar-refractivity contribution in [2.24, 2.45) is 5.73 Å². The molecule has 2 rings (SSSR count). The standard InChI is InChI=1S/C19H23NO3/c1-13-9-10-14(2)17(11-13)23-12-15-7-5-6-8-16(15)19(3,22-4)18(20)21/h5-11H,12H2,1-4H3,(H2,20,21)/t19-/m0/s1. The monoisotopic (exact) mass is 313 g/mol. The lowest BCUT2D eigenvalue weighted by Gasteiger charge is -2.27. The largest absolute Gasteiger partial charge is 0.489 e. The molecule has 4 nitrogen and oxygen atoms in total. The zero-order valence-corrected chi connectivity index (χ0v) is 14.1. The number of methoxy groups -OCH3 is 1. The molecular formula is C19H23NO3. The number of benzene rings is 2. The summed E-state index contributed by atoms with van der Waals surface area (Å²) in [6, 6.07) is 13.6. The van der Waals surface area contributed by atoms with Crippen LogP contribution in [0.5, 0.6) is 5.75 Å². The summed E-state index contributed by atoms with van der Waals surface area (Å²) in [5, 5.41) is 0. The molecule has 4 heteroatoms. The number of nitrogens with two attached hydrogens (primary N) is 1. The van der Waals surface area contributed by atoms with Crippen molar-refractivity contribution in [2.45, 2.75) is 33.0 Å². The molecule has 0 saturated carbocycles. The smallest absolute Gasteiger partial charge is 0.254 e. The number of hydrogen-bond acceptors (Lipinski definition) is 3. The van der Waals surface area contributed by atoms with Crippen molar-refractivity contribution in [1.82, 2.24) is 0 Å². The first kappa shape index (κ1) is 17.0. The van der Waals surface area contributed by atoms with Crippen molar-refractivity contribution in [1.29, 1.82) is 0 Å². The molecule has 0 aromatic heterocycles. The van der Waals surface area contributed by atoms with Crippen LogP contribution in [0, 0.1) is 13.8 Å². The van der Waals surface area contributed by atoms with Gasteiger partial charge in [-0.15, -0.1) is 0 Å². The van der Waals surface area contributed by atoms with Crippen LogP contribution in [0.25, 0.3) is 0 Å². The van der Waals surface area contributed by atoms with E-state index < -0.39 is 11.5 Å². The van der Waals surface area contributed by atoms with Gasteiger partial charge in [-0.05, 0) is 49.1 Å². The van der Waals surface area contributed by atoms with Crippen LogP contribution in [-0.2, 0) is 21.7 Å². The van der Waals surface area contributed by atoms with Gasteiger partial charge in [-0.2, -0.15) is 0 Å². The highest BCUT2D eigenvalue weighted by Gasteiger charge is 2.35. The van der Waals surface area contributed by atoms with E-state index in [2.05, 4.69) is 0 Å². The van der Waals surface area contributed by atoms with Gasteiger partial charge in [0.25, 0.3) is 5.91 Å². The third kappa shape index (κ3) is 3.54. The minimum Gasteiger partial charge on any atom is -0.489 e. The molecule has 0 fully saturated rings. The average Bonchev–Trinajstić information content (AvgIpc) is 2.55. The predicted molar refractivity (Wildman–Crippen MR) is 90.2 cm³/mol. The molecule has 0 spiro atoms. The quantitative estimate of drug-likeness (QED) is 0.890. The minimum absolute atomic E-state index is 0.340. The molecule has 0 aliphatic heterocycles. The van der Waals surface area contributed by atoms with Gasteiger partial charge < -0.3 is 15.2 Å². The maximum Gasteiger partial charge on any atom is 0.254 e. The molecule has 122 valence electrons. The molecular weight excluding hydrogens is 290 g/mol. The Morgan fingerprint density at radius 1 is 1.17 bits per heavy atom. The summed E-state index contributed by atoms with van der Waals surface area (Å²) in [5.41, 5.74) is 8.15. The van der Waals surface area contributed by atoms with Crippen molar-refractivity contribution in [2.75, 3.05) is 7.11 Å². The van der Waals surface area contributed by atoms with Crippen LogP contribution in [0.2, 0.25) is 0 Å². The average molecular weight is 313 g/mol. The van der Waals surface area contributed by atoms with Crippen LogP contribution in [0.4, 0.5) is 0 Å². The number of ether oxygens (including phenoxy) is 2. The lowest BCUT2D eigenvalue weighted by molar-refractivity contribution is -0.139. The second-order valence-electron chi connectivity index (χ2n) is 5.82. The van der Waals surface area contributed by atoms with Gasteiger partial charge >= 0.3 is 0 Å². The number of carbonyl (C=O) groups excluding carboxylic acids is 1. The van der Waals surface area contributed by atoms with Crippen LogP contribution in [0.15, 0.2) is 42.5 Å². The second-order valence-corrected chi connectivity index (χ2v) is 5.82. The highest BCUT2D eigenvalue weighted by molar-refractivity contribution is 5.85. The first-order valence-electron chi connectivity index (χ1n) is 7.52. The Balaban J connectivity index is 2.31. The van der Waals surface area contributed by atoms with Gasteiger partial charge in [0.2, 0.25) is 0 Å². The first-order valence-corrected chi connectivity index (χ1v) is 7.52. The lowest BCUT2D eigenvalue weighted by atomic mass is 9.91. The molecule has 2 aromatic carbocycles. The molecule has 1 atom stereocenters. The fraction of sp³-hybridized carbons (Fsp3) is 0.316. The second kappa shape index (κ2) is 6.84. The molecule has 0 bridgehead atoms. The van der Waals surface area contributed by atoms with E-state index in [9.17, 15) is 4.79 Å². The van der Waals surface area contributed by atoms with E-state index in [4.69, 9.17) is 15.2 Å². The van der Waals surface area contributed by atoms with Crippen molar-refractivity contribution >= 4 is 5.91 Å². The van der Waals surface area contributed by atoms with E-state index in [1.165, 1.54) is 7.11 Å². The van der Waals surface area contributed by atoms with Gasteiger partial charge in [0.05, 0.1) is 0 Å². The van der Waals surface area contributed by atoms with Crippen molar-refractivity contribution in [3.8, 4) is 5.75 Å². The lowest BCUT2D eigenvalue weighted by Crippen LogP contribution is -2.41. The fourth-order valence-electron chi connectivity index (χ4n) is 2.47. The summed E-state index contributed by atoms with van der Waals surface area (Å²) in [7, 11) is 1.48. The van der Waals surface area contributed by atoms with Crippen LogP contribution in [0.1, 0.15) is 29.2 Å². The van der Waals surface area contributed by atoms with Gasteiger partial charge in [-0.25, -0.2) is 0 Å². The van der Waals surface area contributed by atoms with Gasteiger partial charge in [-0.3, -0.25) is 4.79 Å². The summed E-state index contributed by atoms with van der Waals surface area (Å²) >= 11 is 0. The molecule has 2 aromatic rings. The van der Waals surface area contributed by atoms with Crippen LogP contribution in [-0.4, -0.2) is 13.0 Å². The molecule has 2 N–H and O–H groups in total. The molecule has 1 amide bonds. The van der Waals surface area contributed by atoms with Crippen LogP contribution in [0.3, 0.4) is 0 Å². The molecule has 0 heterocycles. The molecule has 0 unspecified atom stereocenters. The Morgan fingerprint density at radius 3 is 2.52 bits per heavy atom. The van der Waals surface area contributed by atoms with Crippen molar-refractivity contribution in [3.63, 3.8) is 0 Å². The first-order chi connectivity index (χ1) is 10.9. The summed E-state index contributed by atoms with van der Waals surface area (Å²) in [6.07, 6.45) is 0. The number of rotatable bonds is 6. The molecule has 0 saturated heterocycles. The fourth-order valence-corrected chi connectivity index (χ4v) is 2.47. The summed E-state index contributed by atoms with van der Waals surface area (Å²) < 4.78 is 11.3. The SMILES string of the molecule is CO[C@](C)(C(N)=O)c1ccccc1COc1cc(C)ccc1C. The molecule has 0 aliphatic carbocycles. The van der Waals surface area contributed by atoms with E-state index in [0.717, 1.165) is 28.0 Å². The number of amides is 1. The Kier molecular flexibility index (Phi) is 5.06. The highest BCUT2D eigenvalue weighted by Crippen LogP contribution is 2.29. The van der Waals surface area contributed by atoms with Gasteiger partial charge in [0.1, 0.15) is 12.4 Å². The van der Waals surface area contributed by atoms with Gasteiger partial charge in [0.15, 0.2) is 5.60 Å². The maximum absolute atomic E-state index is 11.8. The van der Waals surface area contributed by atoms with E-state index in [-0.39, 0.29) is 0 Å². The van der Waals surface area contributed by atoms with Crippen molar-refractivity contribution < 1.29 is 14.3 Å². The molecule has 23 heavy (non-hydrogen) atoms. The number of carbonyl (C=O) groups is 1. The molecule has 0 aliphatic rings. The zero-order chi connectivity index (χ0) is 17.0. The summed E-state index contributed by atoms with van der Waals surface area (Å²) in [5.74, 6) is 0.303. The number of primary amides is 1.